The minimum absolute atomic E-state index is 0.482. The zero-order valence-electron chi connectivity index (χ0n) is 11.3. The summed E-state index contributed by atoms with van der Waals surface area (Å²) >= 11 is 0. The third-order valence-corrected chi connectivity index (χ3v) is 3.26. The molecule has 1 unspecified atom stereocenters. The van der Waals surface area contributed by atoms with Crippen molar-refractivity contribution in [1.82, 2.24) is 9.97 Å². The van der Waals surface area contributed by atoms with Gasteiger partial charge in [0.15, 0.2) is 0 Å². The molecule has 1 aromatic carbocycles. The van der Waals surface area contributed by atoms with Crippen LogP contribution in [0.2, 0.25) is 0 Å². The number of nitrogens with zero attached hydrogens (tertiary/aromatic N) is 1. The molecule has 4 heteroatoms. The van der Waals surface area contributed by atoms with E-state index in [1.165, 1.54) is 5.56 Å². The highest BCUT2D eigenvalue weighted by Crippen LogP contribution is 2.23. The molecule has 0 bridgehead atoms. The average Bonchev–Trinajstić information content (AvgIpc) is 2.87. The Morgan fingerprint density at radius 1 is 1.21 bits per heavy atom. The molecule has 0 spiro atoms. The Morgan fingerprint density at radius 2 is 1.84 bits per heavy atom. The van der Waals surface area contributed by atoms with Crippen LogP contribution in [0.15, 0.2) is 30.5 Å². The van der Waals surface area contributed by atoms with E-state index in [1.54, 1.807) is 13.1 Å². The number of carboxylic acid groups (broad SMARTS) is 1. The number of carboxylic acids is 1. The number of aromatic amines is 1. The number of imidazole rings is 1. The van der Waals surface area contributed by atoms with Crippen molar-refractivity contribution in [3.8, 4) is 11.3 Å². The maximum Gasteiger partial charge on any atom is 0.313 e. The maximum absolute atomic E-state index is 10.9. The Kier molecular flexibility index (Phi) is 3.69. The number of benzene rings is 1. The fraction of sp³-hybridized carbons (Fsp3) is 0.333. The molecule has 0 saturated heterocycles. The second-order valence-corrected chi connectivity index (χ2v) is 5.02. The molecule has 2 N–H and O–H groups in total. The lowest BCUT2D eigenvalue weighted by molar-refractivity contribution is -0.138. The molecule has 0 fully saturated rings. The summed E-state index contributed by atoms with van der Waals surface area (Å²) in [6, 6.07) is 8.22. The number of hydrogen-bond acceptors (Lipinski definition) is 2. The van der Waals surface area contributed by atoms with E-state index >= 15 is 0 Å². The van der Waals surface area contributed by atoms with Gasteiger partial charge in [-0.1, -0.05) is 38.1 Å². The molecule has 1 aromatic heterocycles. The zero-order chi connectivity index (χ0) is 14.0. The topological polar surface area (TPSA) is 66.0 Å². The predicted octanol–water partition coefficient (Wildman–Crippen LogP) is 3.39. The van der Waals surface area contributed by atoms with Crippen LogP contribution in [0.3, 0.4) is 0 Å². The summed E-state index contributed by atoms with van der Waals surface area (Å²) in [5, 5.41) is 8.95. The number of hydrogen-bond donors (Lipinski definition) is 2. The van der Waals surface area contributed by atoms with Gasteiger partial charge in [-0.05, 0) is 24.0 Å². The molecule has 0 radical (unpaired) electrons. The molecule has 1 heterocycles. The van der Waals surface area contributed by atoms with Crippen molar-refractivity contribution in [2.45, 2.75) is 32.6 Å². The van der Waals surface area contributed by atoms with Crippen LogP contribution in [0.4, 0.5) is 0 Å². The predicted molar refractivity (Wildman–Crippen MR) is 74.2 cm³/mol. The SMILES string of the molecule is CC(C)c1ccc(-c2cnc(C(C)C(=O)O)[nH]2)cc1. The van der Waals surface area contributed by atoms with Crippen molar-refractivity contribution < 1.29 is 9.90 Å². The first kappa shape index (κ1) is 13.3. The fourth-order valence-electron chi connectivity index (χ4n) is 1.87. The van der Waals surface area contributed by atoms with E-state index in [0.717, 1.165) is 11.3 Å². The molecule has 4 nitrogen and oxygen atoms in total. The summed E-state index contributed by atoms with van der Waals surface area (Å²) in [5.41, 5.74) is 3.14. The number of rotatable bonds is 4. The van der Waals surface area contributed by atoms with E-state index in [4.69, 9.17) is 5.11 Å². The average molecular weight is 258 g/mol. The molecule has 0 aliphatic carbocycles. The van der Waals surface area contributed by atoms with Crippen LogP contribution in [0.5, 0.6) is 0 Å². The molecule has 0 saturated carbocycles. The number of aliphatic carboxylic acids is 1. The number of carbonyl (C=O) groups is 1. The highest BCUT2D eigenvalue weighted by molar-refractivity contribution is 5.74. The van der Waals surface area contributed by atoms with Gasteiger partial charge in [0.05, 0.1) is 11.9 Å². The summed E-state index contributed by atoms with van der Waals surface area (Å²) in [5.74, 6) is -0.520. The second kappa shape index (κ2) is 5.26. The molecular weight excluding hydrogens is 240 g/mol. The lowest BCUT2D eigenvalue weighted by Gasteiger charge is -2.06. The van der Waals surface area contributed by atoms with Crippen LogP contribution in [-0.2, 0) is 4.79 Å². The minimum Gasteiger partial charge on any atom is -0.481 e. The van der Waals surface area contributed by atoms with Gasteiger partial charge in [-0.15, -0.1) is 0 Å². The molecule has 2 rings (SSSR count). The smallest absolute Gasteiger partial charge is 0.313 e. The van der Waals surface area contributed by atoms with E-state index in [-0.39, 0.29) is 0 Å². The Hall–Kier alpha value is -2.10. The van der Waals surface area contributed by atoms with Crippen molar-refractivity contribution in [1.29, 1.82) is 0 Å². The van der Waals surface area contributed by atoms with Crippen molar-refractivity contribution >= 4 is 5.97 Å². The minimum atomic E-state index is -0.879. The van der Waals surface area contributed by atoms with Crippen molar-refractivity contribution in [2.75, 3.05) is 0 Å². The third kappa shape index (κ3) is 2.84. The largest absolute Gasteiger partial charge is 0.481 e. The van der Waals surface area contributed by atoms with Crippen LogP contribution in [0.1, 0.15) is 44.0 Å². The molecular formula is C15H18N2O2. The monoisotopic (exact) mass is 258 g/mol. The van der Waals surface area contributed by atoms with Crippen LogP contribution in [0, 0.1) is 0 Å². The standard InChI is InChI=1S/C15H18N2O2/c1-9(2)11-4-6-12(7-5-11)13-8-16-14(17-13)10(3)15(18)19/h4-10H,1-3H3,(H,16,17)(H,18,19). The Bertz CT molecular complexity index is 570. The highest BCUT2D eigenvalue weighted by Gasteiger charge is 2.17. The molecule has 19 heavy (non-hydrogen) atoms. The molecule has 1 atom stereocenters. The highest BCUT2D eigenvalue weighted by atomic mass is 16.4. The first-order chi connectivity index (χ1) is 8.99. The summed E-state index contributed by atoms with van der Waals surface area (Å²) in [6.07, 6.45) is 1.68. The molecule has 0 amide bonds. The van der Waals surface area contributed by atoms with Gasteiger partial charge in [-0.25, -0.2) is 4.98 Å². The van der Waals surface area contributed by atoms with Crippen LogP contribution >= 0.6 is 0 Å². The fourth-order valence-corrected chi connectivity index (χ4v) is 1.87. The molecule has 0 aliphatic heterocycles. The van der Waals surface area contributed by atoms with E-state index in [2.05, 4.69) is 35.9 Å². The van der Waals surface area contributed by atoms with E-state index in [9.17, 15) is 4.79 Å². The van der Waals surface area contributed by atoms with Gasteiger partial charge >= 0.3 is 5.97 Å². The zero-order valence-corrected chi connectivity index (χ0v) is 11.3. The van der Waals surface area contributed by atoms with Crippen LogP contribution in [0.25, 0.3) is 11.3 Å². The number of aromatic nitrogens is 2. The second-order valence-electron chi connectivity index (χ2n) is 5.02. The summed E-state index contributed by atoms with van der Waals surface area (Å²) in [6.45, 7) is 5.92. The lowest BCUT2D eigenvalue weighted by atomic mass is 10.0. The molecule has 100 valence electrons. The van der Waals surface area contributed by atoms with Gasteiger partial charge in [0.25, 0.3) is 0 Å². The summed E-state index contributed by atoms with van der Waals surface area (Å²) in [4.78, 5) is 18.1. The van der Waals surface area contributed by atoms with Gasteiger partial charge in [-0.2, -0.15) is 0 Å². The summed E-state index contributed by atoms with van der Waals surface area (Å²) in [7, 11) is 0. The lowest BCUT2D eigenvalue weighted by Crippen LogP contribution is -2.08. The van der Waals surface area contributed by atoms with Crippen molar-refractivity contribution in [3.05, 3.63) is 41.9 Å². The number of nitrogens with one attached hydrogen (secondary N) is 1. The Morgan fingerprint density at radius 3 is 2.37 bits per heavy atom. The van der Waals surface area contributed by atoms with Crippen LogP contribution in [-0.4, -0.2) is 21.0 Å². The van der Waals surface area contributed by atoms with E-state index in [1.807, 2.05) is 12.1 Å². The van der Waals surface area contributed by atoms with Gasteiger partial charge in [0.1, 0.15) is 11.7 Å². The maximum atomic E-state index is 10.9. The Labute approximate surface area is 112 Å². The number of H-pyrrole nitrogens is 1. The van der Waals surface area contributed by atoms with E-state index < -0.39 is 11.9 Å². The van der Waals surface area contributed by atoms with E-state index in [0.29, 0.717) is 11.7 Å². The van der Waals surface area contributed by atoms with Gasteiger partial charge in [0.2, 0.25) is 0 Å². The van der Waals surface area contributed by atoms with Gasteiger partial charge in [0, 0.05) is 0 Å². The third-order valence-electron chi connectivity index (χ3n) is 3.26. The van der Waals surface area contributed by atoms with Crippen molar-refractivity contribution in [3.63, 3.8) is 0 Å². The molecule has 2 aromatic rings. The Balaban J connectivity index is 2.25. The van der Waals surface area contributed by atoms with Gasteiger partial charge < -0.3 is 10.1 Å². The first-order valence-electron chi connectivity index (χ1n) is 6.37. The molecule has 0 aliphatic rings. The normalized spacial score (nSPS) is 12.6. The summed E-state index contributed by atoms with van der Waals surface area (Å²) < 4.78 is 0. The first-order valence-corrected chi connectivity index (χ1v) is 6.37. The van der Waals surface area contributed by atoms with Crippen LogP contribution < -0.4 is 0 Å². The quantitative estimate of drug-likeness (QED) is 0.883. The van der Waals surface area contributed by atoms with Gasteiger partial charge in [-0.3, -0.25) is 4.79 Å². The van der Waals surface area contributed by atoms with Crippen molar-refractivity contribution in [2.24, 2.45) is 0 Å².